The van der Waals surface area contributed by atoms with Gasteiger partial charge < -0.3 is 10.6 Å². The molecule has 4 rings (SSSR count). The number of carbonyl (C=O) groups is 2. The largest absolute Gasteiger partial charge is 0.345 e. The van der Waals surface area contributed by atoms with Crippen molar-refractivity contribution in [2.24, 2.45) is 5.92 Å². The minimum absolute atomic E-state index is 0.0106. The van der Waals surface area contributed by atoms with Gasteiger partial charge >= 0.3 is 0 Å². The van der Waals surface area contributed by atoms with Crippen LogP contribution in [0.3, 0.4) is 0 Å². The van der Waals surface area contributed by atoms with E-state index in [1.807, 2.05) is 65.4 Å². The first-order valence-electron chi connectivity index (χ1n) is 9.56. The number of para-hydroxylation sites is 1. The van der Waals surface area contributed by atoms with Crippen LogP contribution in [0.15, 0.2) is 65.4 Å². The van der Waals surface area contributed by atoms with Crippen molar-refractivity contribution in [3.8, 4) is 0 Å². The van der Waals surface area contributed by atoms with E-state index in [4.69, 9.17) is 11.6 Å². The monoisotopic (exact) mass is 424 g/mol. The van der Waals surface area contributed by atoms with Crippen LogP contribution in [0.1, 0.15) is 35.6 Å². The van der Waals surface area contributed by atoms with Gasteiger partial charge in [0.2, 0.25) is 11.8 Å². The first-order chi connectivity index (χ1) is 14.1. The predicted molar refractivity (Wildman–Crippen MR) is 117 cm³/mol. The molecule has 2 aromatic carbocycles. The highest BCUT2D eigenvalue weighted by molar-refractivity contribution is 7.08. The topological polar surface area (TPSA) is 58.2 Å². The normalized spacial score (nSPS) is 16.6. The van der Waals surface area contributed by atoms with E-state index in [0.29, 0.717) is 24.3 Å². The Hall–Kier alpha value is -2.63. The second-order valence-electron chi connectivity index (χ2n) is 7.19. The zero-order valence-corrected chi connectivity index (χ0v) is 17.3. The Balaban J connectivity index is 1.41. The van der Waals surface area contributed by atoms with Gasteiger partial charge in [-0.3, -0.25) is 9.59 Å². The molecule has 0 radical (unpaired) electrons. The smallest absolute Gasteiger partial charge is 0.227 e. The fourth-order valence-corrected chi connectivity index (χ4v) is 4.45. The quantitative estimate of drug-likeness (QED) is 0.571. The van der Waals surface area contributed by atoms with Crippen LogP contribution in [0, 0.1) is 5.92 Å². The van der Waals surface area contributed by atoms with Gasteiger partial charge in [0.25, 0.3) is 0 Å². The van der Waals surface area contributed by atoms with E-state index in [2.05, 4.69) is 10.6 Å². The standard InChI is InChI=1S/C23H21ClN2O2S/c24-19-8-5-15(6-9-19)22(18-11-12-29-14-18)26-21(27)10-7-17-13-16-3-1-2-4-20(16)25-23(17)28/h1-6,8-9,11-12,14,17,22H,7,10,13H2,(H,25,28)(H,26,27). The third-order valence-corrected chi connectivity index (χ3v) is 6.17. The number of halogens is 1. The number of thiophene rings is 1. The fourth-order valence-electron chi connectivity index (χ4n) is 3.64. The molecule has 0 saturated heterocycles. The van der Waals surface area contributed by atoms with Crippen molar-refractivity contribution in [3.05, 3.63) is 87.1 Å². The average molecular weight is 425 g/mol. The molecule has 29 heavy (non-hydrogen) atoms. The molecule has 0 spiro atoms. The summed E-state index contributed by atoms with van der Waals surface area (Å²) in [6.07, 6.45) is 1.48. The lowest BCUT2D eigenvalue weighted by molar-refractivity contribution is -0.123. The highest BCUT2D eigenvalue weighted by atomic mass is 35.5. The number of amides is 2. The van der Waals surface area contributed by atoms with Gasteiger partial charge in [0.1, 0.15) is 0 Å². The third kappa shape index (κ3) is 4.69. The van der Waals surface area contributed by atoms with Crippen molar-refractivity contribution in [1.82, 2.24) is 5.32 Å². The number of hydrogen-bond acceptors (Lipinski definition) is 3. The minimum atomic E-state index is -0.230. The summed E-state index contributed by atoms with van der Waals surface area (Å²) in [5.74, 6) is -0.267. The molecule has 6 heteroatoms. The van der Waals surface area contributed by atoms with E-state index in [9.17, 15) is 9.59 Å². The molecular formula is C23H21ClN2O2S. The molecule has 4 nitrogen and oxygen atoms in total. The van der Waals surface area contributed by atoms with Gasteiger partial charge in [-0.1, -0.05) is 41.9 Å². The Bertz CT molecular complexity index is 1000. The molecule has 3 aromatic rings. The highest BCUT2D eigenvalue weighted by Gasteiger charge is 2.27. The summed E-state index contributed by atoms with van der Waals surface area (Å²) in [6.45, 7) is 0. The van der Waals surface area contributed by atoms with Crippen LogP contribution in [0.4, 0.5) is 5.69 Å². The Kier molecular flexibility index (Phi) is 5.97. The highest BCUT2D eigenvalue weighted by Crippen LogP contribution is 2.28. The minimum Gasteiger partial charge on any atom is -0.345 e. The second-order valence-corrected chi connectivity index (χ2v) is 8.41. The molecule has 148 valence electrons. The van der Waals surface area contributed by atoms with Crippen molar-refractivity contribution in [3.63, 3.8) is 0 Å². The maximum Gasteiger partial charge on any atom is 0.227 e. The molecule has 0 aliphatic carbocycles. The lowest BCUT2D eigenvalue weighted by atomic mass is 9.89. The summed E-state index contributed by atoms with van der Waals surface area (Å²) < 4.78 is 0. The van der Waals surface area contributed by atoms with Crippen LogP contribution in [0.2, 0.25) is 5.02 Å². The van der Waals surface area contributed by atoms with E-state index in [1.54, 1.807) is 11.3 Å². The molecule has 1 aliphatic heterocycles. The number of anilines is 1. The van der Waals surface area contributed by atoms with Gasteiger partial charge in [-0.25, -0.2) is 0 Å². The maximum atomic E-state index is 12.7. The van der Waals surface area contributed by atoms with Crippen LogP contribution < -0.4 is 10.6 Å². The average Bonchev–Trinajstić information content (AvgIpc) is 3.26. The number of rotatable bonds is 6. The zero-order chi connectivity index (χ0) is 20.2. The Morgan fingerprint density at radius 3 is 2.69 bits per heavy atom. The molecule has 2 amide bonds. The molecule has 2 unspecified atom stereocenters. The van der Waals surface area contributed by atoms with E-state index in [0.717, 1.165) is 22.4 Å². The van der Waals surface area contributed by atoms with Crippen LogP contribution in [-0.4, -0.2) is 11.8 Å². The molecular weight excluding hydrogens is 404 g/mol. The van der Waals surface area contributed by atoms with Crippen molar-refractivity contribution in [2.75, 3.05) is 5.32 Å². The summed E-state index contributed by atoms with van der Waals surface area (Å²) in [6, 6.07) is 17.1. The van der Waals surface area contributed by atoms with Crippen molar-refractivity contribution >= 4 is 40.4 Å². The Morgan fingerprint density at radius 2 is 1.93 bits per heavy atom. The number of carbonyl (C=O) groups excluding carboxylic acids is 2. The summed E-state index contributed by atoms with van der Waals surface area (Å²) in [4.78, 5) is 25.1. The first kappa shape index (κ1) is 19.7. The van der Waals surface area contributed by atoms with Gasteiger partial charge in [0.05, 0.1) is 6.04 Å². The Morgan fingerprint density at radius 1 is 1.14 bits per heavy atom. The molecule has 0 fully saturated rings. The molecule has 2 N–H and O–H groups in total. The summed E-state index contributed by atoms with van der Waals surface area (Å²) in [7, 11) is 0. The van der Waals surface area contributed by atoms with E-state index in [-0.39, 0.29) is 23.8 Å². The van der Waals surface area contributed by atoms with E-state index < -0.39 is 0 Å². The molecule has 2 atom stereocenters. The second kappa shape index (κ2) is 8.80. The lowest BCUT2D eigenvalue weighted by Gasteiger charge is -2.25. The van der Waals surface area contributed by atoms with Crippen molar-refractivity contribution < 1.29 is 9.59 Å². The van der Waals surface area contributed by atoms with Gasteiger partial charge in [-0.15, -0.1) is 0 Å². The summed E-state index contributed by atoms with van der Waals surface area (Å²) >= 11 is 7.60. The number of nitrogens with one attached hydrogen (secondary N) is 2. The fraction of sp³-hybridized carbons (Fsp3) is 0.217. The van der Waals surface area contributed by atoms with E-state index in [1.165, 1.54) is 0 Å². The van der Waals surface area contributed by atoms with Gasteiger partial charge in [-0.2, -0.15) is 11.3 Å². The summed E-state index contributed by atoms with van der Waals surface area (Å²) in [5, 5.41) is 10.8. The molecule has 0 bridgehead atoms. The SMILES string of the molecule is O=C(CCC1Cc2ccccc2NC1=O)NC(c1ccc(Cl)cc1)c1ccsc1. The van der Waals surface area contributed by atoms with E-state index >= 15 is 0 Å². The van der Waals surface area contributed by atoms with Crippen LogP contribution in [0.25, 0.3) is 0 Å². The van der Waals surface area contributed by atoms with Crippen LogP contribution in [0.5, 0.6) is 0 Å². The molecule has 1 aromatic heterocycles. The van der Waals surface area contributed by atoms with Gasteiger partial charge in [0.15, 0.2) is 0 Å². The zero-order valence-electron chi connectivity index (χ0n) is 15.7. The van der Waals surface area contributed by atoms with Crippen LogP contribution in [-0.2, 0) is 16.0 Å². The molecule has 2 heterocycles. The number of fused-ring (bicyclic) bond motifs is 1. The van der Waals surface area contributed by atoms with Gasteiger partial charge in [0, 0.05) is 23.0 Å². The predicted octanol–water partition coefficient (Wildman–Crippen LogP) is 5.20. The van der Waals surface area contributed by atoms with Gasteiger partial charge in [-0.05, 0) is 64.6 Å². The van der Waals surface area contributed by atoms with Crippen LogP contribution >= 0.6 is 22.9 Å². The van der Waals surface area contributed by atoms with Crippen molar-refractivity contribution in [2.45, 2.75) is 25.3 Å². The first-order valence-corrected chi connectivity index (χ1v) is 10.9. The number of benzene rings is 2. The maximum absolute atomic E-state index is 12.7. The molecule has 0 saturated carbocycles. The summed E-state index contributed by atoms with van der Waals surface area (Å²) in [5.41, 5.74) is 4.01. The molecule has 1 aliphatic rings. The third-order valence-electron chi connectivity index (χ3n) is 5.22. The lowest BCUT2D eigenvalue weighted by Crippen LogP contribution is -2.33. The Labute approximate surface area is 178 Å². The number of hydrogen-bond donors (Lipinski definition) is 2. The van der Waals surface area contributed by atoms with Crippen molar-refractivity contribution in [1.29, 1.82) is 0 Å².